The summed E-state index contributed by atoms with van der Waals surface area (Å²) in [6.07, 6.45) is 5.65. The molecule has 2 heterocycles. The van der Waals surface area contributed by atoms with Crippen molar-refractivity contribution in [2.45, 2.75) is 39.7 Å². The minimum Gasteiger partial charge on any atom is -0.353 e. The monoisotopic (exact) mass is 262 g/mol. The van der Waals surface area contributed by atoms with E-state index in [4.69, 9.17) is 0 Å². The summed E-state index contributed by atoms with van der Waals surface area (Å²) < 4.78 is 0. The van der Waals surface area contributed by atoms with Gasteiger partial charge in [-0.05, 0) is 19.8 Å². The van der Waals surface area contributed by atoms with Crippen LogP contribution in [0.3, 0.4) is 0 Å². The number of carbonyl (C=O) groups excluding carboxylic acids is 1. The molecule has 1 saturated heterocycles. The minimum absolute atomic E-state index is 0.0362. The number of aromatic nitrogens is 2. The Labute approximate surface area is 114 Å². The number of amides is 1. The van der Waals surface area contributed by atoms with Gasteiger partial charge < -0.3 is 10.2 Å². The lowest BCUT2D eigenvalue weighted by Gasteiger charge is -2.34. The van der Waals surface area contributed by atoms with Crippen molar-refractivity contribution < 1.29 is 4.79 Å². The Balaban J connectivity index is 1.99. The summed E-state index contributed by atoms with van der Waals surface area (Å²) in [4.78, 5) is 22.6. The third-order valence-corrected chi connectivity index (χ3v) is 3.36. The van der Waals surface area contributed by atoms with E-state index in [-0.39, 0.29) is 17.9 Å². The standard InChI is InChI=1S/C14H22N4O/c1-10(2)14(19)17-12-5-4-6-18(9-12)13-8-15-7-11(3)16-13/h7-8,10,12H,4-6,9H2,1-3H3,(H,17,19). The molecule has 0 saturated carbocycles. The molecular weight excluding hydrogens is 240 g/mol. The number of nitrogens with zero attached hydrogens (tertiary/aromatic N) is 3. The molecule has 5 heteroatoms. The molecule has 1 aliphatic heterocycles. The Hall–Kier alpha value is -1.65. The second-order valence-corrected chi connectivity index (χ2v) is 5.47. The normalized spacial score (nSPS) is 19.6. The number of rotatable bonds is 3. The molecule has 1 amide bonds. The molecule has 2 rings (SSSR count). The molecule has 1 N–H and O–H groups in total. The van der Waals surface area contributed by atoms with Gasteiger partial charge in [-0.1, -0.05) is 13.8 Å². The first-order valence-corrected chi connectivity index (χ1v) is 6.90. The summed E-state index contributed by atoms with van der Waals surface area (Å²) in [7, 11) is 0. The van der Waals surface area contributed by atoms with Gasteiger partial charge in [0.1, 0.15) is 5.82 Å². The molecular formula is C14H22N4O. The maximum Gasteiger partial charge on any atom is 0.222 e. The van der Waals surface area contributed by atoms with Crippen LogP contribution in [0.4, 0.5) is 5.82 Å². The molecule has 19 heavy (non-hydrogen) atoms. The van der Waals surface area contributed by atoms with E-state index in [1.807, 2.05) is 20.8 Å². The zero-order valence-corrected chi connectivity index (χ0v) is 11.9. The van der Waals surface area contributed by atoms with Crippen LogP contribution in [-0.2, 0) is 4.79 Å². The lowest BCUT2D eigenvalue weighted by Crippen LogP contribution is -2.49. The number of aryl methyl sites for hydroxylation is 1. The van der Waals surface area contributed by atoms with Crippen LogP contribution in [0.25, 0.3) is 0 Å². The largest absolute Gasteiger partial charge is 0.353 e. The predicted octanol–water partition coefficient (Wildman–Crippen LogP) is 1.53. The van der Waals surface area contributed by atoms with Gasteiger partial charge in [-0.3, -0.25) is 9.78 Å². The van der Waals surface area contributed by atoms with Crippen molar-refractivity contribution in [3.05, 3.63) is 18.1 Å². The molecule has 1 fully saturated rings. The van der Waals surface area contributed by atoms with Gasteiger partial charge in [0.15, 0.2) is 0 Å². The number of hydrogen-bond donors (Lipinski definition) is 1. The molecule has 1 aromatic heterocycles. The highest BCUT2D eigenvalue weighted by Crippen LogP contribution is 2.17. The van der Waals surface area contributed by atoms with Crippen molar-refractivity contribution in [1.82, 2.24) is 15.3 Å². The van der Waals surface area contributed by atoms with Crippen LogP contribution in [-0.4, -0.2) is 35.0 Å². The van der Waals surface area contributed by atoms with E-state index in [9.17, 15) is 4.79 Å². The molecule has 0 radical (unpaired) electrons. The Morgan fingerprint density at radius 1 is 1.47 bits per heavy atom. The fraction of sp³-hybridized carbons (Fsp3) is 0.643. The van der Waals surface area contributed by atoms with Crippen molar-refractivity contribution in [3.63, 3.8) is 0 Å². The van der Waals surface area contributed by atoms with Gasteiger partial charge >= 0.3 is 0 Å². The average molecular weight is 262 g/mol. The summed E-state index contributed by atoms with van der Waals surface area (Å²) >= 11 is 0. The fourth-order valence-corrected chi connectivity index (χ4v) is 2.27. The third kappa shape index (κ3) is 3.66. The highest BCUT2D eigenvalue weighted by atomic mass is 16.1. The average Bonchev–Trinajstić information content (AvgIpc) is 2.39. The maximum atomic E-state index is 11.8. The van der Waals surface area contributed by atoms with Crippen LogP contribution in [0.2, 0.25) is 0 Å². The second kappa shape index (κ2) is 5.99. The number of anilines is 1. The van der Waals surface area contributed by atoms with Crippen LogP contribution in [0, 0.1) is 12.8 Å². The zero-order chi connectivity index (χ0) is 13.8. The number of piperidine rings is 1. The zero-order valence-electron chi connectivity index (χ0n) is 11.9. The van der Waals surface area contributed by atoms with E-state index in [1.165, 1.54) is 0 Å². The quantitative estimate of drug-likeness (QED) is 0.897. The van der Waals surface area contributed by atoms with E-state index in [0.717, 1.165) is 37.4 Å². The Bertz CT molecular complexity index is 447. The van der Waals surface area contributed by atoms with Gasteiger partial charge in [0.25, 0.3) is 0 Å². The fourth-order valence-electron chi connectivity index (χ4n) is 2.27. The van der Waals surface area contributed by atoms with Crippen molar-refractivity contribution in [1.29, 1.82) is 0 Å². The van der Waals surface area contributed by atoms with Crippen LogP contribution in [0.15, 0.2) is 12.4 Å². The summed E-state index contributed by atoms with van der Waals surface area (Å²) in [5.74, 6) is 1.07. The number of nitrogens with one attached hydrogen (secondary N) is 1. The molecule has 5 nitrogen and oxygen atoms in total. The van der Waals surface area contributed by atoms with Gasteiger partial charge in [-0.2, -0.15) is 0 Å². The molecule has 1 unspecified atom stereocenters. The Morgan fingerprint density at radius 2 is 2.26 bits per heavy atom. The van der Waals surface area contributed by atoms with E-state index >= 15 is 0 Å². The topological polar surface area (TPSA) is 58.1 Å². The summed E-state index contributed by atoms with van der Waals surface area (Å²) in [5, 5.41) is 3.10. The molecule has 1 aromatic rings. The molecule has 0 aromatic carbocycles. The first-order valence-electron chi connectivity index (χ1n) is 6.90. The molecule has 1 aliphatic rings. The van der Waals surface area contributed by atoms with Crippen LogP contribution in [0.1, 0.15) is 32.4 Å². The summed E-state index contributed by atoms with van der Waals surface area (Å²) in [6, 6.07) is 0.214. The highest BCUT2D eigenvalue weighted by Gasteiger charge is 2.23. The highest BCUT2D eigenvalue weighted by molar-refractivity contribution is 5.78. The molecule has 1 atom stereocenters. The van der Waals surface area contributed by atoms with Crippen LogP contribution in [0.5, 0.6) is 0 Å². The predicted molar refractivity (Wildman–Crippen MR) is 75.0 cm³/mol. The summed E-state index contributed by atoms with van der Waals surface area (Å²) in [5.41, 5.74) is 0.922. The lowest BCUT2D eigenvalue weighted by atomic mass is 10.0. The summed E-state index contributed by atoms with van der Waals surface area (Å²) in [6.45, 7) is 7.57. The van der Waals surface area contributed by atoms with Crippen LogP contribution < -0.4 is 10.2 Å². The van der Waals surface area contributed by atoms with E-state index in [1.54, 1.807) is 12.4 Å². The first kappa shape index (κ1) is 13.8. The van der Waals surface area contributed by atoms with Crippen LogP contribution >= 0.6 is 0 Å². The Kier molecular flexibility index (Phi) is 4.35. The minimum atomic E-state index is 0.0362. The van der Waals surface area contributed by atoms with Crippen molar-refractivity contribution >= 4 is 11.7 Å². The van der Waals surface area contributed by atoms with Gasteiger partial charge in [0, 0.05) is 31.2 Å². The molecule has 0 bridgehead atoms. The Morgan fingerprint density at radius 3 is 2.95 bits per heavy atom. The van der Waals surface area contributed by atoms with Gasteiger partial charge in [0.05, 0.1) is 11.9 Å². The van der Waals surface area contributed by atoms with E-state index in [0.29, 0.717) is 0 Å². The lowest BCUT2D eigenvalue weighted by molar-refractivity contribution is -0.124. The van der Waals surface area contributed by atoms with Crippen molar-refractivity contribution in [2.24, 2.45) is 5.92 Å². The second-order valence-electron chi connectivity index (χ2n) is 5.47. The van der Waals surface area contributed by atoms with Gasteiger partial charge in [0.2, 0.25) is 5.91 Å². The molecule has 0 aliphatic carbocycles. The number of carbonyl (C=O) groups is 1. The van der Waals surface area contributed by atoms with Crippen molar-refractivity contribution in [2.75, 3.05) is 18.0 Å². The first-order chi connectivity index (χ1) is 9.06. The number of hydrogen-bond acceptors (Lipinski definition) is 4. The smallest absolute Gasteiger partial charge is 0.222 e. The van der Waals surface area contributed by atoms with E-state index < -0.39 is 0 Å². The molecule has 0 spiro atoms. The van der Waals surface area contributed by atoms with E-state index in [2.05, 4.69) is 20.2 Å². The third-order valence-electron chi connectivity index (χ3n) is 3.36. The molecule has 104 valence electrons. The SMILES string of the molecule is Cc1cncc(N2CCCC(NC(=O)C(C)C)C2)n1. The van der Waals surface area contributed by atoms with Gasteiger partial charge in [-0.25, -0.2) is 4.98 Å². The maximum absolute atomic E-state index is 11.8. The van der Waals surface area contributed by atoms with Gasteiger partial charge in [-0.15, -0.1) is 0 Å². The van der Waals surface area contributed by atoms with Crippen molar-refractivity contribution in [3.8, 4) is 0 Å².